The van der Waals surface area contributed by atoms with Crippen LogP contribution in [0.5, 0.6) is 0 Å². The van der Waals surface area contributed by atoms with Gasteiger partial charge in [0.1, 0.15) is 0 Å². The number of para-hydroxylation sites is 1. The summed E-state index contributed by atoms with van der Waals surface area (Å²) in [5.74, 6) is 0.732. The van der Waals surface area contributed by atoms with E-state index in [9.17, 15) is 4.79 Å². The molecule has 1 fully saturated rings. The maximum absolute atomic E-state index is 12.5. The Morgan fingerprint density at radius 2 is 1.96 bits per heavy atom. The highest BCUT2D eigenvalue weighted by Gasteiger charge is 2.23. The summed E-state index contributed by atoms with van der Waals surface area (Å²) in [4.78, 5) is 20.9. The van der Waals surface area contributed by atoms with Crippen LogP contribution in [0, 0.1) is 0 Å². The first kappa shape index (κ1) is 20.9. The summed E-state index contributed by atoms with van der Waals surface area (Å²) in [6.45, 7) is 6.28. The Labute approximate surface area is 172 Å². The van der Waals surface area contributed by atoms with Crippen LogP contribution in [-0.2, 0) is 16.0 Å². The van der Waals surface area contributed by atoms with Gasteiger partial charge in [0.25, 0.3) is 0 Å². The molecule has 2 heterocycles. The minimum absolute atomic E-state index is 0. The number of hydrogen-bond donors (Lipinski definition) is 2. The number of nitrogens with one attached hydrogen (secondary N) is 2. The number of hydrogen-bond acceptors (Lipinski definition) is 4. The van der Waals surface area contributed by atoms with Crippen molar-refractivity contribution in [2.45, 2.75) is 6.42 Å². The first-order chi connectivity index (χ1) is 12.3. The zero-order valence-electron chi connectivity index (χ0n) is 15.2. The van der Waals surface area contributed by atoms with Crippen molar-refractivity contribution in [1.29, 1.82) is 0 Å². The largest absolute Gasteiger partial charge is 0.379 e. The third kappa shape index (κ3) is 5.55. The van der Waals surface area contributed by atoms with Gasteiger partial charge in [-0.05, 0) is 18.1 Å². The fourth-order valence-electron chi connectivity index (χ4n) is 3.23. The number of nitrogens with zero attached hydrogens (tertiary/aromatic N) is 3. The summed E-state index contributed by atoms with van der Waals surface area (Å²) in [5.41, 5.74) is 2.27. The van der Waals surface area contributed by atoms with Crippen LogP contribution in [0.15, 0.2) is 29.3 Å². The van der Waals surface area contributed by atoms with Crippen LogP contribution >= 0.6 is 24.0 Å². The minimum Gasteiger partial charge on any atom is -0.379 e. The summed E-state index contributed by atoms with van der Waals surface area (Å²) in [5, 5.41) is 6.39. The van der Waals surface area contributed by atoms with Crippen molar-refractivity contribution in [2.24, 2.45) is 4.99 Å². The van der Waals surface area contributed by atoms with E-state index in [1.54, 1.807) is 7.05 Å². The molecule has 0 atom stereocenters. The average Bonchev–Trinajstić information content (AvgIpc) is 3.09. The van der Waals surface area contributed by atoms with Crippen molar-refractivity contribution in [2.75, 3.05) is 64.4 Å². The molecule has 2 aliphatic rings. The van der Waals surface area contributed by atoms with Crippen LogP contribution in [0.2, 0.25) is 0 Å². The predicted molar refractivity (Wildman–Crippen MR) is 115 cm³/mol. The van der Waals surface area contributed by atoms with E-state index in [1.807, 2.05) is 23.1 Å². The molecule has 2 N–H and O–H groups in total. The number of fused-ring (bicyclic) bond motifs is 1. The predicted octanol–water partition coefficient (Wildman–Crippen LogP) is 0.691. The van der Waals surface area contributed by atoms with E-state index in [4.69, 9.17) is 4.74 Å². The first-order valence-corrected chi connectivity index (χ1v) is 8.91. The lowest BCUT2D eigenvalue weighted by molar-refractivity contribution is -0.117. The molecular weight excluding hydrogens is 445 g/mol. The molecule has 3 rings (SSSR count). The molecule has 1 aromatic carbocycles. The van der Waals surface area contributed by atoms with Gasteiger partial charge in [0.15, 0.2) is 5.96 Å². The minimum atomic E-state index is 0. The molecule has 0 radical (unpaired) electrons. The van der Waals surface area contributed by atoms with Gasteiger partial charge in [-0.15, -0.1) is 24.0 Å². The van der Waals surface area contributed by atoms with Crippen LogP contribution in [0.4, 0.5) is 5.69 Å². The summed E-state index contributed by atoms with van der Waals surface area (Å²) in [7, 11) is 1.72. The highest BCUT2D eigenvalue weighted by atomic mass is 127. The highest BCUT2D eigenvalue weighted by Crippen LogP contribution is 2.27. The molecule has 0 spiro atoms. The standard InChI is InChI=1S/C18H27N5O2.HI/c1-19-18(20-7-9-22-10-12-25-13-11-22)21-14-17(24)23-8-6-15-4-2-3-5-16(15)23;/h2-5H,6-14H2,1H3,(H2,19,20,21);1H. The molecule has 7 nitrogen and oxygen atoms in total. The number of amides is 1. The fourth-order valence-corrected chi connectivity index (χ4v) is 3.23. The number of carbonyl (C=O) groups excluding carboxylic acids is 1. The van der Waals surface area contributed by atoms with Gasteiger partial charge in [0.05, 0.1) is 19.8 Å². The number of ether oxygens (including phenoxy) is 1. The number of morpholine rings is 1. The Morgan fingerprint density at radius 3 is 2.73 bits per heavy atom. The maximum atomic E-state index is 12.5. The maximum Gasteiger partial charge on any atom is 0.246 e. The van der Waals surface area contributed by atoms with Gasteiger partial charge < -0.3 is 20.3 Å². The smallest absolute Gasteiger partial charge is 0.246 e. The quantitative estimate of drug-likeness (QED) is 0.374. The average molecular weight is 473 g/mol. The van der Waals surface area contributed by atoms with Gasteiger partial charge in [0, 0.05) is 45.5 Å². The Kier molecular flexibility index (Phi) is 8.60. The van der Waals surface area contributed by atoms with Crippen molar-refractivity contribution in [3.8, 4) is 0 Å². The molecule has 144 valence electrons. The van der Waals surface area contributed by atoms with E-state index >= 15 is 0 Å². The van der Waals surface area contributed by atoms with Gasteiger partial charge in [-0.25, -0.2) is 0 Å². The second kappa shape index (κ2) is 10.7. The topological polar surface area (TPSA) is 69.2 Å². The molecule has 2 aliphatic heterocycles. The summed E-state index contributed by atoms with van der Waals surface area (Å²) < 4.78 is 5.35. The van der Waals surface area contributed by atoms with Gasteiger partial charge in [-0.2, -0.15) is 0 Å². The molecule has 1 amide bonds. The normalized spacial score (nSPS) is 17.4. The Bertz CT molecular complexity index is 619. The highest BCUT2D eigenvalue weighted by molar-refractivity contribution is 14.0. The second-order valence-corrected chi connectivity index (χ2v) is 6.23. The lowest BCUT2D eigenvalue weighted by Crippen LogP contribution is -2.47. The zero-order chi connectivity index (χ0) is 17.5. The number of anilines is 1. The van der Waals surface area contributed by atoms with Crippen LogP contribution in [0.25, 0.3) is 0 Å². The number of aliphatic imine (C=N–C) groups is 1. The Balaban J connectivity index is 0.00000243. The third-order valence-electron chi connectivity index (χ3n) is 4.64. The van der Waals surface area contributed by atoms with E-state index < -0.39 is 0 Å². The summed E-state index contributed by atoms with van der Waals surface area (Å²) >= 11 is 0. The van der Waals surface area contributed by atoms with E-state index in [2.05, 4.69) is 26.6 Å². The second-order valence-electron chi connectivity index (χ2n) is 6.23. The summed E-state index contributed by atoms with van der Waals surface area (Å²) in [6, 6.07) is 8.09. The number of benzene rings is 1. The van der Waals surface area contributed by atoms with E-state index in [1.165, 1.54) is 5.56 Å². The molecule has 0 aromatic heterocycles. The number of halogens is 1. The molecular formula is C18H28IN5O2. The molecule has 1 saturated heterocycles. The molecule has 0 unspecified atom stereocenters. The van der Waals surface area contributed by atoms with Gasteiger partial charge in [-0.3, -0.25) is 14.7 Å². The van der Waals surface area contributed by atoms with Crippen LogP contribution < -0.4 is 15.5 Å². The van der Waals surface area contributed by atoms with Crippen molar-refractivity contribution in [1.82, 2.24) is 15.5 Å². The van der Waals surface area contributed by atoms with Crippen molar-refractivity contribution in [3.63, 3.8) is 0 Å². The lowest BCUT2D eigenvalue weighted by atomic mass is 10.2. The lowest BCUT2D eigenvalue weighted by Gasteiger charge is -2.26. The fraction of sp³-hybridized carbons (Fsp3) is 0.556. The molecule has 0 bridgehead atoms. The number of guanidine groups is 1. The SMILES string of the molecule is CN=C(NCCN1CCOCC1)NCC(=O)N1CCc2ccccc21.I. The molecule has 8 heteroatoms. The number of rotatable bonds is 5. The van der Waals surface area contributed by atoms with Gasteiger partial charge >= 0.3 is 0 Å². The van der Waals surface area contributed by atoms with Crippen LogP contribution in [-0.4, -0.2) is 76.3 Å². The Hall–Kier alpha value is -1.39. The molecule has 26 heavy (non-hydrogen) atoms. The van der Waals surface area contributed by atoms with E-state index in [-0.39, 0.29) is 36.4 Å². The van der Waals surface area contributed by atoms with Crippen molar-refractivity contribution >= 4 is 41.5 Å². The summed E-state index contributed by atoms with van der Waals surface area (Å²) in [6.07, 6.45) is 0.925. The Morgan fingerprint density at radius 1 is 1.19 bits per heavy atom. The van der Waals surface area contributed by atoms with E-state index in [0.717, 1.165) is 58.0 Å². The number of carbonyl (C=O) groups is 1. The first-order valence-electron chi connectivity index (χ1n) is 8.91. The van der Waals surface area contributed by atoms with Gasteiger partial charge in [0.2, 0.25) is 5.91 Å². The zero-order valence-corrected chi connectivity index (χ0v) is 17.6. The van der Waals surface area contributed by atoms with Gasteiger partial charge in [-0.1, -0.05) is 18.2 Å². The third-order valence-corrected chi connectivity index (χ3v) is 4.64. The molecule has 0 saturated carbocycles. The van der Waals surface area contributed by atoms with Crippen molar-refractivity contribution in [3.05, 3.63) is 29.8 Å². The van der Waals surface area contributed by atoms with Crippen LogP contribution in [0.1, 0.15) is 5.56 Å². The molecule has 1 aromatic rings. The van der Waals surface area contributed by atoms with E-state index in [0.29, 0.717) is 5.96 Å². The molecule has 0 aliphatic carbocycles. The monoisotopic (exact) mass is 473 g/mol. The van der Waals surface area contributed by atoms with Crippen molar-refractivity contribution < 1.29 is 9.53 Å². The van der Waals surface area contributed by atoms with Crippen LogP contribution in [0.3, 0.4) is 0 Å².